The van der Waals surface area contributed by atoms with E-state index in [1.807, 2.05) is 37.3 Å². The molecule has 3 nitrogen and oxygen atoms in total. The quantitative estimate of drug-likeness (QED) is 0.714. The third-order valence-electron chi connectivity index (χ3n) is 3.46. The highest BCUT2D eigenvalue weighted by atomic mass is 79.9. The van der Waals surface area contributed by atoms with Gasteiger partial charge in [0.05, 0.1) is 6.04 Å². The summed E-state index contributed by atoms with van der Waals surface area (Å²) in [5.74, 6) is 0.883. The van der Waals surface area contributed by atoms with Gasteiger partial charge in [-0.25, -0.2) is 0 Å². The average molecular weight is 393 g/mol. The molecule has 0 aliphatic carbocycles. The van der Waals surface area contributed by atoms with Crippen LogP contribution in [0.5, 0.6) is 5.75 Å². The Balaban J connectivity index is 1.79. The van der Waals surface area contributed by atoms with Crippen LogP contribution < -0.4 is 15.4 Å². The van der Waals surface area contributed by atoms with Crippen LogP contribution in [0.25, 0.3) is 0 Å². The molecule has 0 saturated heterocycles. The number of anilines is 1. The lowest BCUT2D eigenvalue weighted by Crippen LogP contribution is -2.39. The van der Waals surface area contributed by atoms with Crippen LogP contribution in [0.4, 0.5) is 5.69 Å². The van der Waals surface area contributed by atoms with Gasteiger partial charge in [0.1, 0.15) is 12.4 Å². The normalized spacial score (nSPS) is 11.7. The van der Waals surface area contributed by atoms with Gasteiger partial charge in [-0.2, -0.15) is 0 Å². The SMILES string of the molecule is Cc1ccc(OCC(C)NC(=S)Nc2ccc(Br)cc2)cc1C. The molecule has 1 unspecified atom stereocenters. The Morgan fingerprint density at radius 3 is 2.48 bits per heavy atom. The predicted octanol–water partition coefficient (Wildman–Crippen LogP) is 4.82. The summed E-state index contributed by atoms with van der Waals surface area (Å²) in [6.07, 6.45) is 0. The minimum Gasteiger partial charge on any atom is -0.491 e. The summed E-state index contributed by atoms with van der Waals surface area (Å²) in [6.45, 7) is 6.76. The van der Waals surface area contributed by atoms with Crippen molar-refractivity contribution in [1.82, 2.24) is 5.32 Å². The van der Waals surface area contributed by atoms with E-state index in [1.54, 1.807) is 0 Å². The Morgan fingerprint density at radius 2 is 1.83 bits per heavy atom. The molecule has 0 heterocycles. The topological polar surface area (TPSA) is 33.3 Å². The molecule has 122 valence electrons. The molecule has 0 radical (unpaired) electrons. The first-order valence-electron chi connectivity index (χ1n) is 7.47. The molecule has 5 heteroatoms. The van der Waals surface area contributed by atoms with Crippen molar-refractivity contribution in [3.8, 4) is 5.75 Å². The summed E-state index contributed by atoms with van der Waals surface area (Å²) in [4.78, 5) is 0. The van der Waals surface area contributed by atoms with Gasteiger partial charge in [0.25, 0.3) is 0 Å². The van der Waals surface area contributed by atoms with Crippen molar-refractivity contribution in [1.29, 1.82) is 0 Å². The van der Waals surface area contributed by atoms with Gasteiger partial charge < -0.3 is 15.4 Å². The van der Waals surface area contributed by atoms with Gasteiger partial charge >= 0.3 is 0 Å². The molecule has 0 spiro atoms. The van der Waals surface area contributed by atoms with E-state index in [1.165, 1.54) is 11.1 Å². The zero-order chi connectivity index (χ0) is 16.8. The number of thiocarbonyl (C=S) groups is 1. The van der Waals surface area contributed by atoms with Crippen LogP contribution in [0.3, 0.4) is 0 Å². The monoisotopic (exact) mass is 392 g/mol. The first kappa shape index (κ1) is 17.8. The van der Waals surface area contributed by atoms with Gasteiger partial charge in [0.2, 0.25) is 0 Å². The van der Waals surface area contributed by atoms with E-state index in [4.69, 9.17) is 17.0 Å². The van der Waals surface area contributed by atoms with Gasteiger partial charge in [0, 0.05) is 10.2 Å². The lowest BCUT2D eigenvalue weighted by Gasteiger charge is -2.18. The largest absolute Gasteiger partial charge is 0.491 e. The highest BCUT2D eigenvalue weighted by Gasteiger charge is 2.06. The van der Waals surface area contributed by atoms with Crippen molar-refractivity contribution in [2.75, 3.05) is 11.9 Å². The van der Waals surface area contributed by atoms with Crippen LogP contribution in [-0.2, 0) is 0 Å². The zero-order valence-corrected chi connectivity index (χ0v) is 15.9. The maximum atomic E-state index is 5.81. The third-order valence-corrected chi connectivity index (χ3v) is 4.21. The lowest BCUT2D eigenvalue weighted by molar-refractivity contribution is 0.287. The van der Waals surface area contributed by atoms with E-state index < -0.39 is 0 Å². The second kappa shape index (κ2) is 8.31. The van der Waals surface area contributed by atoms with E-state index in [0.717, 1.165) is 15.9 Å². The molecule has 0 bridgehead atoms. The van der Waals surface area contributed by atoms with Crippen molar-refractivity contribution in [2.24, 2.45) is 0 Å². The molecule has 0 aliphatic heterocycles. The molecule has 0 aliphatic rings. The minimum atomic E-state index is 0.104. The Hall–Kier alpha value is -1.59. The number of benzene rings is 2. The summed E-state index contributed by atoms with van der Waals surface area (Å²) in [7, 11) is 0. The first-order valence-corrected chi connectivity index (χ1v) is 8.67. The van der Waals surface area contributed by atoms with Crippen molar-refractivity contribution < 1.29 is 4.74 Å². The molecule has 2 aromatic rings. The number of halogens is 1. The smallest absolute Gasteiger partial charge is 0.171 e. The van der Waals surface area contributed by atoms with Crippen LogP contribution in [0, 0.1) is 13.8 Å². The van der Waals surface area contributed by atoms with Crippen LogP contribution in [0.15, 0.2) is 46.9 Å². The van der Waals surface area contributed by atoms with E-state index in [0.29, 0.717) is 11.7 Å². The molecule has 2 rings (SSSR count). The van der Waals surface area contributed by atoms with E-state index in [2.05, 4.69) is 52.5 Å². The Labute approximate surface area is 151 Å². The molecule has 2 N–H and O–H groups in total. The standard InChI is InChI=1S/C18H21BrN2OS/c1-12-4-9-17(10-13(12)2)22-11-14(3)20-18(23)21-16-7-5-15(19)6-8-16/h4-10,14H,11H2,1-3H3,(H2,20,21,23). The van der Waals surface area contributed by atoms with Gasteiger partial charge in [-0.05, 0) is 80.5 Å². The summed E-state index contributed by atoms with van der Waals surface area (Å²) >= 11 is 8.74. The summed E-state index contributed by atoms with van der Waals surface area (Å²) in [6, 6.07) is 14.1. The first-order chi connectivity index (χ1) is 10.9. The Kier molecular flexibility index (Phi) is 6.42. The Morgan fingerprint density at radius 1 is 1.13 bits per heavy atom. The molecular formula is C18H21BrN2OS. The number of aryl methyl sites for hydroxylation is 2. The molecule has 0 fully saturated rings. The second-order valence-electron chi connectivity index (χ2n) is 5.56. The molecule has 0 amide bonds. The van der Waals surface area contributed by atoms with Crippen LogP contribution in [0.2, 0.25) is 0 Å². The van der Waals surface area contributed by atoms with E-state index in [-0.39, 0.29) is 6.04 Å². The molecular weight excluding hydrogens is 372 g/mol. The summed E-state index contributed by atoms with van der Waals surface area (Å²) in [5, 5.41) is 6.97. The van der Waals surface area contributed by atoms with Crippen LogP contribution in [0.1, 0.15) is 18.1 Å². The average Bonchev–Trinajstić information content (AvgIpc) is 2.51. The Bertz CT molecular complexity index is 673. The molecule has 0 aromatic heterocycles. The number of ether oxygens (including phenoxy) is 1. The number of rotatable bonds is 5. The third kappa shape index (κ3) is 5.84. The maximum absolute atomic E-state index is 5.81. The number of hydrogen-bond acceptors (Lipinski definition) is 2. The van der Waals surface area contributed by atoms with Crippen molar-refractivity contribution in [2.45, 2.75) is 26.8 Å². The lowest BCUT2D eigenvalue weighted by atomic mass is 10.1. The fourth-order valence-electron chi connectivity index (χ4n) is 1.99. The fourth-order valence-corrected chi connectivity index (χ4v) is 2.57. The molecule has 0 saturated carbocycles. The van der Waals surface area contributed by atoms with Gasteiger partial charge in [-0.1, -0.05) is 22.0 Å². The fraction of sp³-hybridized carbons (Fsp3) is 0.278. The maximum Gasteiger partial charge on any atom is 0.171 e. The minimum absolute atomic E-state index is 0.104. The predicted molar refractivity (Wildman–Crippen MR) is 104 cm³/mol. The molecule has 23 heavy (non-hydrogen) atoms. The molecule has 2 aromatic carbocycles. The van der Waals surface area contributed by atoms with E-state index >= 15 is 0 Å². The second-order valence-corrected chi connectivity index (χ2v) is 6.89. The van der Waals surface area contributed by atoms with Crippen molar-refractivity contribution in [3.05, 3.63) is 58.1 Å². The highest BCUT2D eigenvalue weighted by molar-refractivity contribution is 9.10. The van der Waals surface area contributed by atoms with Gasteiger partial charge in [-0.3, -0.25) is 0 Å². The van der Waals surface area contributed by atoms with Gasteiger partial charge in [0.15, 0.2) is 5.11 Å². The molecule has 1 atom stereocenters. The highest BCUT2D eigenvalue weighted by Crippen LogP contribution is 2.17. The van der Waals surface area contributed by atoms with Crippen LogP contribution in [-0.4, -0.2) is 17.8 Å². The van der Waals surface area contributed by atoms with E-state index in [9.17, 15) is 0 Å². The van der Waals surface area contributed by atoms with Crippen molar-refractivity contribution >= 4 is 38.9 Å². The number of nitrogens with one attached hydrogen (secondary N) is 2. The van der Waals surface area contributed by atoms with Crippen LogP contribution >= 0.6 is 28.1 Å². The number of hydrogen-bond donors (Lipinski definition) is 2. The van der Waals surface area contributed by atoms with Crippen molar-refractivity contribution in [3.63, 3.8) is 0 Å². The van der Waals surface area contributed by atoms with Gasteiger partial charge in [-0.15, -0.1) is 0 Å². The summed E-state index contributed by atoms with van der Waals surface area (Å²) < 4.78 is 6.85. The summed E-state index contributed by atoms with van der Waals surface area (Å²) in [5.41, 5.74) is 3.45. The zero-order valence-electron chi connectivity index (χ0n) is 13.5.